The van der Waals surface area contributed by atoms with Crippen molar-refractivity contribution in [1.29, 1.82) is 0 Å². The lowest BCUT2D eigenvalue weighted by atomic mass is 10.3. The Morgan fingerprint density at radius 1 is 1.45 bits per heavy atom. The van der Waals surface area contributed by atoms with Gasteiger partial charge in [0, 0.05) is 0 Å². The summed E-state index contributed by atoms with van der Waals surface area (Å²) in [6.07, 6.45) is 2.34. The van der Waals surface area contributed by atoms with Gasteiger partial charge >= 0.3 is 5.69 Å². The number of fused-ring (bicyclic) bond motifs is 1. The van der Waals surface area contributed by atoms with E-state index in [1.807, 2.05) is 24.3 Å². The summed E-state index contributed by atoms with van der Waals surface area (Å²) in [5, 5.41) is 17.7. The summed E-state index contributed by atoms with van der Waals surface area (Å²) in [4.78, 5) is 26.6. The minimum absolute atomic E-state index is 0.153. The van der Waals surface area contributed by atoms with Crippen molar-refractivity contribution < 1.29 is 9.72 Å². The second-order valence-corrected chi connectivity index (χ2v) is 5.62. The molecule has 3 aromatic rings. The maximum absolute atomic E-state index is 12.2. The summed E-state index contributed by atoms with van der Waals surface area (Å²) in [7, 11) is 0. The van der Waals surface area contributed by atoms with Gasteiger partial charge < -0.3 is 5.32 Å². The van der Waals surface area contributed by atoms with Crippen LogP contribution in [0.2, 0.25) is 0 Å². The fourth-order valence-electron chi connectivity index (χ4n) is 1.89. The molecule has 112 valence electrons. The second-order valence-electron chi connectivity index (χ2n) is 4.59. The first-order chi connectivity index (χ1) is 10.5. The highest BCUT2D eigenvalue weighted by Crippen LogP contribution is 2.26. The van der Waals surface area contributed by atoms with E-state index in [-0.39, 0.29) is 11.6 Å². The number of hydrogen-bond donors (Lipinski definition) is 1. The lowest BCUT2D eigenvalue weighted by Crippen LogP contribution is -2.23. The van der Waals surface area contributed by atoms with Crippen molar-refractivity contribution in [2.75, 3.05) is 5.32 Å². The van der Waals surface area contributed by atoms with Crippen LogP contribution in [0.4, 0.5) is 10.8 Å². The molecule has 8 nitrogen and oxygen atoms in total. The van der Waals surface area contributed by atoms with Gasteiger partial charge in [-0.2, -0.15) is 5.10 Å². The minimum atomic E-state index is -0.680. The molecule has 0 bridgehead atoms. The van der Waals surface area contributed by atoms with E-state index < -0.39 is 11.0 Å². The van der Waals surface area contributed by atoms with E-state index >= 15 is 0 Å². The van der Waals surface area contributed by atoms with E-state index in [4.69, 9.17) is 0 Å². The number of benzene rings is 1. The van der Waals surface area contributed by atoms with Gasteiger partial charge in [-0.1, -0.05) is 23.5 Å². The van der Waals surface area contributed by atoms with E-state index in [1.54, 1.807) is 6.92 Å². The van der Waals surface area contributed by atoms with E-state index in [1.165, 1.54) is 22.2 Å². The topological polar surface area (TPSA) is 103 Å². The molecule has 1 atom stereocenters. The molecular weight excluding hydrogens is 306 g/mol. The molecule has 1 N–H and O–H groups in total. The lowest BCUT2D eigenvalue weighted by Gasteiger charge is -2.10. The Kier molecular flexibility index (Phi) is 3.55. The van der Waals surface area contributed by atoms with Crippen LogP contribution in [0.15, 0.2) is 36.7 Å². The maximum Gasteiger partial charge on any atom is 0.307 e. The molecule has 0 radical (unpaired) electrons. The van der Waals surface area contributed by atoms with Crippen molar-refractivity contribution in [3.8, 4) is 0 Å². The SMILES string of the molecule is C[C@@H](C(=O)Nc1nc2ccccc2s1)n1cc([N+](=O)[O-])cn1. The summed E-state index contributed by atoms with van der Waals surface area (Å²) >= 11 is 1.37. The van der Waals surface area contributed by atoms with Gasteiger partial charge in [0.1, 0.15) is 18.4 Å². The number of nitro groups is 1. The van der Waals surface area contributed by atoms with Crippen LogP contribution < -0.4 is 5.32 Å². The van der Waals surface area contributed by atoms with Crippen LogP contribution in [-0.2, 0) is 4.79 Å². The number of amides is 1. The molecule has 22 heavy (non-hydrogen) atoms. The molecule has 0 aliphatic rings. The van der Waals surface area contributed by atoms with Crippen LogP contribution in [0.1, 0.15) is 13.0 Å². The fourth-order valence-corrected chi connectivity index (χ4v) is 2.76. The maximum atomic E-state index is 12.2. The van der Waals surface area contributed by atoms with Crippen LogP contribution in [0.5, 0.6) is 0 Å². The van der Waals surface area contributed by atoms with Gasteiger partial charge in [0.05, 0.1) is 15.1 Å². The average molecular weight is 317 g/mol. The van der Waals surface area contributed by atoms with Gasteiger partial charge in [0.25, 0.3) is 5.91 Å². The molecule has 2 aromatic heterocycles. The summed E-state index contributed by atoms with van der Waals surface area (Å²) < 4.78 is 2.22. The summed E-state index contributed by atoms with van der Waals surface area (Å²) in [5.41, 5.74) is 0.657. The molecule has 0 saturated heterocycles. The van der Waals surface area contributed by atoms with Crippen molar-refractivity contribution in [2.24, 2.45) is 0 Å². The highest BCUT2D eigenvalue weighted by molar-refractivity contribution is 7.22. The van der Waals surface area contributed by atoms with Crippen molar-refractivity contribution in [3.05, 3.63) is 46.8 Å². The molecule has 9 heteroatoms. The number of hydrogen-bond acceptors (Lipinski definition) is 6. The van der Waals surface area contributed by atoms with Crippen molar-refractivity contribution in [1.82, 2.24) is 14.8 Å². The van der Waals surface area contributed by atoms with Crippen LogP contribution >= 0.6 is 11.3 Å². The Balaban J connectivity index is 1.76. The summed E-state index contributed by atoms with van der Waals surface area (Å²) in [6.45, 7) is 1.61. The van der Waals surface area contributed by atoms with Crippen LogP contribution in [0, 0.1) is 10.1 Å². The highest BCUT2D eigenvalue weighted by Gasteiger charge is 2.20. The normalized spacial score (nSPS) is 12.2. The zero-order valence-electron chi connectivity index (χ0n) is 11.5. The van der Waals surface area contributed by atoms with Gasteiger partial charge in [0.2, 0.25) is 0 Å². The van der Waals surface area contributed by atoms with Crippen molar-refractivity contribution in [2.45, 2.75) is 13.0 Å². The predicted molar refractivity (Wildman–Crippen MR) is 81.8 cm³/mol. The first kappa shape index (κ1) is 14.1. The van der Waals surface area contributed by atoms with E-state index in [2.05, 4.69) is 15.4 Å². The molecule has 0 fully saturated rings. The Hall–Kier alpha value is -2.81. The standard InChI is InChI=1S/C13H11N5O3S/c1-8(17-7-9(6-14-17)18(20)21)12(19)16-13-15-10-4-2-3-5-11(10)22-13/h2-8H,1H3,(H,15,16,19)/t8-/m0/s1. The van der Waals surface area contributed by atoms with Gasteiger partial charge in [-0.3, -0.25) is 19.6 Å². The fraction of sp³-hybridized carbons (Fsp3) is 0.154. The Bertz CT molecular complexity index is 823. The molecular formula is C13H11N5O3S. The third-order valence-electron chi connectivity index (χ3n) is 3.10. The average Bonchev–Trinajstić information content (AvgIpc) is 3.12. The van der Waals surface area contributed by atoms with Crippen LogP contribution in [0.25, 0.3) is 10.2 Å². The van der Waals surface area contributed by atoms with E-state index in [9.17, 15) is 14.9 Å². The number of nitrogens with one attached hydrogen (secondary N) is 1. The number of carbonyl (C=O) groups excluding carboxylic acids is 1. The van der Waals surface area contributed by atoms with E-state index in [0.717, 1.165) is 16.4 Å². The second kappa shape index (κ2) is 5.53. The summed E-state index contributed by atoms with van der Waals surface area (Å²) in [5.74, 6) is -0.336. The highest BCUT2D eigenvalue weighted by atomic mass is 32.1. The molecule has 2 heterocycles. The Labute approximate surface area is 128 Å². The number of nitrogens with zero attached hydrogens (tertiary/aromatic N) is 4. The lowest BCUT2D eigenvalue weighted by molar-refractivity contribution is -0.385. The monoisotopic (exact) mass is 317 g/mol. The van der Waals surface area contributed by atoms with Crippen LogP contribution in [0.3, 0.4) is 0 Å². The van der Waals surface area contributed by atoms with E-state index in [0.29, 0.717) is 5.13 Å². The molecule has 0 aliphatic heterocycles. The number of thiazole rings is 1. The molecule has 1 aromatic carbocycles. The van der Waals surface area contributed by atoms with Gasteiger partial charge in [-0.05, 0) is 19.1 Å². The zero-order chi connectivity index (χ0) is 15.7. The quantitative estimate of drug-likeness (QED) is 0.588. The molecule has 1 amide bonds. The smallest absolute Gasteiger partial charge is 0.300 e. The molecule has 0 unspecified atom stereocenters. The summed E-state index contributed by atoms with van der Waals surface area (Å²) in [6, 6.07) is 6.88. The Morgan fingerprint density at radius 2 is 2.23 bits per heavy atom. The van der Waals surface area contributed by atoms with Gasteiger partial charge in [-0.25, -0.2) is 4.98 Å². The van der Waals surface area contributed by atoms with Gasteiger partial charge in [0.15, 0.2) is 5.13 Å². The first-order valence-electron chi connectivity index (χ1n) is 6.39. The largest absolute Gasteiger partial charge is 0.307 e. The first-order valence-corrected chi connectivity index (χ1v) is 7.21. The third-order valence-corrected chi connectivity index (χ3v) is 4.05. The number of rotatable bonds is 4. The molecule has 0 saturated carbocycles. The molecule has 3 rings (SSSR count). The number of carbonyl (C=O) groups is 1. The molecule has 0 spiro atoms. The number of aromatic nitrogens is 3. The number of anilines is 1. The number of para-hydroxylation sites is 1. The van der Waals surface area contributed by atoms with Crippen molar-refractivity contribution >= 4 is 38.3 Å². The predicted octanol–water partition coefficient (Wildman–Crippen LogP) is 2.60. The van der Waals surface area contributed by atoms with Gasteiger partial charge in [-0.15, -0.1) is 0 Å². The third kappa shape index (κ3) is 2.66. The van der Waals surface area contributed by atoms with Crippen molar-refractivity contribution in [3.63, 3.8) is 0 Å². The van der Waals surface area contributed by atoms with Crippen LogP contribution in [-0.4, -0.2) is 25.6 Å². The Morgan fingerprint density at radius 3 is 2.91 bits per heavy atom. The molecule has 0 aliphatic carbocycles. The minimum Gasteiger partial charge on any atom is -0.300 e. The zero-order valence-corrected chi connectivity index (χ0v) is 12.3.